The standard InChI is InChI=1S/C12H24N4O3S/c1-5-6-13-12(17)11(2)15-7-9-16(10-8-15)20(18,19)14(3)4/h5,11H,1,6-10H2,2-4H3,(H,13,17). The van der Waals surface area contributed by atoms with Gasteiger partial charge in [0.1, 0.15) is 0 Å². The summed E-state index contributed by atoms with van der Waals surface area (Å²) in [6, 6.07) is -0.265. The number of carbonyl (C=O) groups is 1. The molecule has 1 atom stereocenters. The minimum absolute atomic E-state index is 0.0613. The molecule has 1 heterocycles. The summed E-state index contributed by atoms with van der Waals surface area (Å²) in [5.74, 6) is -0.0613. The van der Waals surface area contributed by atoms with Gasteiger partial charge in [-0.15, -0.1) is 6.58 Å². The summed E-state index contributed by atoms with van der Waals surface area (Å²) in [6.45, 7) is 7.73. The SMILES string of the molecule is C=CCNC(=O)C(C)N1CCN(S(=O)(=O)N(C)C)CC1. The zero-order valence-electron chi connectivity index (χ0n) is 12.4. The summed E-state index contributed by atoms with van der Waals surface area (Å²) < 4.78 is 26.6. The highest BCUT2D eigenvalue weighted by Gasteiger charge is 2.31. The van der Waals surface area contributed by atoms with Crippen molar-refractivity contribution in [2.45, 2.75) is 13.0 Å². The average molecular weight is 304 g/mol. The van der Waals surface area contributed by atoms with Crippen LogP contribution in [0.15, 0.2) is 12.7 Å². The topological polar surface area (TPSA) is 73.0 Å². The van der Waals surface area contributed by atoms with Crippen LogP contribution in [0.25, 0.3) is 0 Å². The van der Waals surface area contributed by atoms with Gasteiger partial charge in [-0.25, -0.2) is 0 Å². The molecule has 0 spiro atoms. The van der Waals surface area contributed by atoms with E-state index in [1.807, 2.05) is 11.8 Å². The smallest absolute Gasteiger partial charge is 0.281 e. The van der Waals surface area contributed by atoms with Crippen LogP contribution in [0.3, 0.4) is 0 Å². The van der Waals surface area contributed by atoms with E-state index < -0.39 is 10.2 Å². The quantitative estimate of drug-likeness (QED) is 0.646. The molecule has 1 amide bonds. The summed E-state index contributed by atoms with van der Waals surface area (Å²) >= 11 is 0. The van der Waals surface area contributed by atoms with Gasteiger partial charge in [0.2, 0.25) is 5.91 Å². The molecule has 20 heavy (non-hydrogen) atoms. The first-order chi connectivity index (χ1) is 9.30. The van der Waals surface area contributed by atoms with Crippen molar-refractivity contribution in [1.82, 2.24) is 18.8 Å². The summed E-state index contributed by atoms with van der Waals surface area (Å²) in [6.07, 6.45) is 1.63. The Hall–Kier alpha value is -0.960. The van der Waals surface area contributed by atoms with Crippen molar-refractivity contribution in [2.24, 2.45) is 0 Å². The minimum atomic E-state index is -3.36. The van der Waals surface area contributed by atoms with E-state index >= 15 is 0 Å². The normalized spacial score (nSPS) is 19.8. The number of amides is 1. The summed E-state index contributed by atoms with van der Waals surface area (Å²) in [4.78, 5) is 13.8. The maximum atomic E-state index is 12.0. The van der Waals surface area contributed by atoms with E-state index in [1.54, 1.807) is 6.08 Å². The van der Waals surface area contributed by atoms with Crippen LogP contribution in [-0.4, -0.2) is 80.7 Å². The molecular formula is C12H24N4O3S. The Morgan fingerprint density at radius 1 is 1.35 bits per heavy atom. The fourth-order valence-electron chi connectivity index (χ4n) is 2.04. The highest BCUT2D eigenvalue weighted by atomic mass is 32.2. The number of hydrogen-bond donors (Lipinski definition) is 1. The molecule has 7 nitrogen and oxygen atoms in total. The fourth-order valence-corrected chi connectivity index (χ4v) is 3.13. The fraction of sp³-hybridized carbons (Fsp3) is 0.750. The summed E-state index contributed by atoms with van der Waals surface area (Å²) in [5, 5.41) is 2.75. The van der Waals surface area contributed by atoms with Gasteiger partial charge in [-0.1, -0.05) is 6.08 Å². The van der Waals surface area contributed by atoms with E-state index in [4.69, 9.17) is 0 Å². The van der Waals surface area contributed by atoms with Crippen molar-refractivity contribution in [2.75, 3.05) is 46.8 Å². The van der Waals surface area contributed by atoms with E-state index in [1.165, 1.54) is 22.7 Å². The second kappa shape index (κ2) is 7.16. The molecule has 0 aromatic heterocycles. The van der Waals surface area contributed by atoms with Crippen LogP contribution in [0.5, 0.6) is 0 Å². The molecule has 0 saturated carbocycles. The molecule has 1 unspecified atom stereocenters. The van der Waals surface area contributed by atoms with Crippen molar-refractivity contribution in [3.63, 3.8) is 0 Å². The first-order valence-corrected chi connectivity index (χ1v) is 8.00. The zero-order chi connectivity index (χ0) is 15.3. The Balaban J connectivity index is 2.54. The molecule has 0 aromatic carbocycles. The van der Waals surface area contributed by atoms with Crippen molar-refractivity contribution in [3.05, 3.63) is 12.7 Å². The van der Waals surface area contributed by atoms with Gasteiger partial charge in [-0.05, 0) is 6.92 Å². The van der Waals surface area contributed by atoms with Gasteiger partial charge in [-0.3, -0.25) is 9.69 Å². The highest BCUT2D eigenvalue weighted by Crippen LogP contribution is 2.11. The molecule has 1 aliphatic heterocycles. The number of nitrogens with zero attached hydrogens (tertiary/aromatic N) is 3. The number of rotatable bonds is 6. The largest absolute Gasteiger partial charge is 0.351 e. The maximum absolute atomic E-state index is 12.0. The zero-order valence-corrected chi connectivity index (χ0v) is 13.2. The van der Waals surface area contributed by atoms with Gasteiger partial charge in [-0.2, -0.15) is 17.0 Å². The Labute approximate surface area is 121 Å². The third-order valence-corrected chi connectivity index (χ3v) is 5.35. The number of nitrogens with one attached hydrogen (secondary N) is 1. The number of piperazine rings is 1. The predicted molar refractivity (Wildman–Crippen MR) is 78.4 cm³/mol. The molecule has 0 bridgehead atoms. The molecule has 0 aromatic rings. The van der Waals surface area contributed by atoms with Crippen LogP contribution in [0.2, 0.25) is 0 Å². The summed E-state index contributed by atoms with van der Waals surface area (Å²) in [5.41, 5.74) is 0. The molecule has 1 rings (SSSR count). The monoisotopic (exact) mass is 304 g/mol. The molecule has 116 valence electrons. The van der Waals surface area contributed by atoms with Crippen LogP contribution in [0.4, 0.5) is 0 Å². The van der Waals surface area contributed by atoms with E-state index in [0.29, 0.717) is 32.7 Å². The van der Waals surface area contributed by atoms with Crippen LogP contribution < -0.4 is 5.32 Å². The van der Waals surface area contributed by atoms with Gasteiger partial charge in [0.15, 0.2) is 0 Å². The molecule has 8 heteroatoms. The molecule has 0 aliphatic carbocycles. The Bertz CT molecular complexity index is 442. The first-order valence-electron chi connectivity index (χ1n) is 6.61. The first kappa shape index (κ1) is 17.1. The lowest BCUT2D eigenvalue weighted by Gasteiger charge is -2.37. The number of hydrogen-bond acceptors (Lipinski definition) is 4. The highest BCUT2D eigenvalue weighted by molar-refractivity contribution is 7.86. The van der Waals surface area contributed by atoms with Gasteiger partial charge < -0.3 is 5.32 Å². The van der Waals surface area contributed by atoms with Crippen molar-refractivity contribution in [1.29, 1.82) is 0 Å². The van der Waals surface area contributed by atoms with Crippen LogP contribution in [-0.2, 0) is 15.0 Å². The third-order valence-electron chi connectivity index (χ3n) is 3.41. The molecule has 0 radical (unpaired) electrons. The van der Waals surface area contributed by atoms with Gasteiger partial charge in [0.05, 0.1) is 6.04 Å². The van der Waals surface area contributed by atoms with E-state index in [9.17, 15) is 13.2 Å². The Morgan fingerprint density at radius 3 is 2.35 bits per heavy atom. The van der Waals surface area contributed by atoms with Crippen LogP contribution in [0, 0.1) is 0 Å². The molecule has 1 saturated heterocycles. The molecule has 1 fully saturated rings. The lowest BCUT2D eigenvalue weighted by atomic mass is 10.2. The van der Waals surface area contributed by atoms with Crippen molar-refractivity contribution < 1.29 is 13.2 Å². The molecular weight excluding hydrogens is 280 g/mol. The average Bonchev–Trinajstić information content (AvgIpc) is 2.43. The third kappa shape index (κ3) is 4.02. The number of carbonyl (C=O) groups excluding carboxylic acids is 1. The molecule has 1 N–H and O–H groups in total. The van der Waals surface area contributed by atoms with E-state index in [-0.39, 0.29) is 11.9 Å². The summed E-state index contributed by atoms with van der Waals surface area (Å²) in [7, 11) is -0.316. The maximum Gasteiger partial charge on any atom is 0.281 e. The van der Waals surface area contributed by atoms with E-state index in [2.05, 4.69) is 11.9 Å². The van der Waals surface area contributed by atoms with Gasteiger partial charge in [0, 0.05) is 46.8 Å². The van der Waals surface area contributed by atoms with E-state index in [0.717, 1.165) is 0 Å². The second-order valence-corrected chi connectivity index (χ2v) is 7.08. The molecule has 1 aliphatic rings. The Morgan fingerprint density at radius 2 is 1.90 bits per heavy atom. The van der Waals surface area contributed by atoms with Crippen LogP contribution in [0.1, 0.15) is 6.92 Å². The minimum Gasteiger partial charge on any atom is -0.351 e. The van der Waals surface area contributed by atoms with Gasteiger partial charge in [0.25, 0.3) is 10.2 Å². The van der Waals surface area contributed by atoms with Crippen molar-refractivity contribution in [3.8, 4) is 0 Å². The van der Waals surface area contributed by atoms with Gasteiger partial charge >= 0.3 is 0 Å². The van der Waals surface area contributed by atoms with Crippen LogP contribution >= 0.6 is 0 Å². The lowest BCUT2D eigenvalue weighted by Crippen LogP contribution is -2.56. The van der Waals surface area contributed by atoms with Crippen molar-refractivity contribution >= 4 is 16.1 Å². The second-order valence-electron chi connectivity index (χ2n) is 4.93. The lowest BCUT2D eigenvalue weighted by molar-refractivity contribution is -0.126. The predicted octanol–water partition coefficient (Wildman–Crippen LogP) is -0.899. The Kier molecular flexibility index (Phi) is 6.12.